The summed E-state index contributed by atoms with van der Waals surface area (Å²) in [7, 11) is 0. The molecule has 6 nitrogen and oxygen atoms in total. The number of nitrogens with one attached hydrogen (secondary N) is 1. The van der Waals surface area contributed by atoms with E-state index in [1.165, 1.54) is 18.2 Å². The molecular weight excluding hydrogens is 429 g/mol. The van der Waals surface area contributed by atoms with E-state index in [4.69, 9.17) is 0 Å². The fourth-order valence-corrected chi connectivity index (χ4v) is 4.41. The Balaban J connectivity index is 1.57. The fourth-order valence-electron chi connectivity index (χ4n) is 3.58. The van der Waals surface area contributed by atoms with Crippen molar-refractivity contribution in [2.75, 3.05) is 11.9 Å². The number of nitrogens with zero attached hydrogens (tertiary/aromatic N) is 2. The van der Waals surface area contributed by atoms with Gasteiger partial charge in [-0.15, -0.1) is 0 Å². The van der Waals surface area contributed by atoms with Gasteiger partial charge >= 0.3 is 0 Å². The minimum atomic E-state index is -0.646. The number of thioether (sulfide) groups is 1. The van der Waals surface area contributed by atoms with Crippen molar-refractivity contribution in [2.45, 2.75) is 26.3 Å². The molecule has 3 aromatic rings. The van der Waals surface area contributed by atoms with Gasteiger partial charge in [-0.3, -0.25) is 19.3 Å². The highest BCUT2D eigenvalue weighted by molar-refractivity contribution is 8.18. The number of aromatic nitrogens is 1. The van der Waals surface area contributed by atoms with Gasteiger partial charge in [0.1, 0.15) is 12.4 Å². The van der Waals surface area contributed by atoms with E-state index in [-0.39, 0.29) is 16.6 Å². The second-order valence-corrected chi connectivity index (χ2v) is 8.56. The highest BCUT2D eigenvalue weighted by atomic mass is 32.2. The van der Waals surface area contributed by atoms with E-state index < -0.39 is 29.4 Å². The second-order valence-electron chi connectivity index (χ2n) is 7.56. The molecule has 1 aliphatic heterocycles. The van der Waals surface area contributed by atoms with Gasteiger partial charge in [0.25, 0.3) is 11.1 Å². The second kappa shape index (κ2) is 9.00. The fraction of sp³-hybridized carbons (Fsp3) is 0.208. The van der Waals surface area contributed by atoms with Crippen LogP contribution in [-0.4, -0.2) is 33.1 Å². The molecule has 32 heavy (non-hydrogen) atoms. The molecule has 1 aliphatic rings. The summed E-state index contributed by atoms with van der Waals surface area (Å²) in [6, 6.07) is 13.9. The van der Waals surface area contributed by atoms with Crippen LogP contribution in [0, 0.1) is 5.82 Å². The lowest BCUT2D eigenvalue weighted by Crippen LogP contribution is -2.36. The summed E-state index contributed by atoms with van der Waals surface area (Å²) in [5, 5.41) is 2.85. The maximum atomic E-state index is 13.8. The molecule has 4 rings (SSSR count). The van der Waals surface area contributed by atoms with Crippen molar-refractivity contribution in [3.8, 4) is 0 Å². The van der Waals surface area contributed by atoms with Gasteiger partial charge in [0.15, 0.2) is 0 Å². The van der Waals surface area contributed by atoms with E-state index in [1.54, 1.807) is 12.1 Å². The van der Waals surface area contributed by atoms with Gasteiger partial charge in [-0.1, -0.05) is 37.3 Å². The first-order chi connectivity index (χ1) is 15.4. The van der Waals surface area contributed by atoms with Gasteiger partial charge < -0.3 is 9.88 Å². The first-order valence-electron chi connectivity index (χ1n) is 10.3. The quantitative estimate of drug-likeness (QED) is 0.508. The highest BCUT2D eigenvalue weighted by Crippen LogP contribution is 2.35. The number of anilines is 1. The number of amides is 3. The number of halogens is 1. The number of hydrogen-bond acceptors (Lipinski definition) is 4. The SMILES string of the molecule is CCC(C)n1cc(/C=C2\SC(=O)N(CC(=O)Nc3ccccc3F)C2=O)c2ccccc21. The van der Waals surface area contributed by atoms with Crippen LogP contribution in [0.25, 0.3) is 17.0 Å². The number of hydrogen-bond donors (Lipinski definition) is 1. The number of carbonyl (C=O) groups is 3. The van der Waals surface area contributed by atoms with Crippen LogP contribution in [0.1, 0.15) is 31.9 Å². The van der Waals surface area contributed by atoms with Gasteiger partial charge in [-0.2, -0.15) is 0 Å². The molecule has 0 bridgehead atoms. The van der Waals surface area contributed by atoms with Crippen molar-refractivity contribution in [1.29, 1.82) is 0 Å². The third kappa shape index (κ3) is 4.18. The summed E-state index contributed by atoms with van der Waals surface area (Å²) in [5.74, 6) is -1.77. The van der Waals surface area contributed by atoms with Crippen LogP contribution >= 0.6 is 11.8 Å². The molecule has 0 aliphatic carbocycles. The molecular formula is C24H22FN3O3S. The largest absolute Gasteiger partial charge is 0.344 e. The van der Waals surface area contributed by atoms with Gasteiger partial charge in [-0.25, -0.2) is 4.39 Å². The normalized spacial score (nSPS) is 16.2. The molecule has 3 amide bonds. The zero-order valence-electron chi connectivity index (χ0n) is 17.7. The molecule has 0 spiro atoms. The summed E-state index contributed by atoms with van der Waals surface area (Å²) in [6.45, 7) is 3.75. The zero-order valence-corrected chi connectivity index (χ0v) is 18.5. The number of carbonyl (C=O) groups excluding carboxylic acids is 3. The van der Waals surface area contributed by atoms with Crippen molar-refractivity contribution < 1.29 is 18.8 Å². The Hall–Kier alpha value is -3.39. The molecule has 1 unspecified atom stereocenters. The molecule has 0 saturated carbocycles. The molecule has 8 heteroatoms. The topological polar surface area (TPSA) is 71.4 Å². The van der Waals surface area contributed by atoms with Gasteiger partial charge in [0.05, 0.1) is 10.6 Å². The number of para-hydroxylation sites is 2. The van der Waals surface area contributed by atoms with Gasteiger partial charge in [0.2, 0.25) is 5.91 Å². The number of benzene rings is 2. The van der Waals surface area contributed by atoms with Crippen LogP contribution in [0.5, 0.6) is 0 Å². The monoisotopic (exact) mass is 451 g/mol. The average Bonchev–Trinajstić information content (AvgIpc) is 3.28. The maximum absolute atomic E-state index is 13.8. The Bertz CT molecular complexity index is 1250. The molecule has 1 N–H and O–H groups in total. The van der Waals surface area contributed by atoms with E-state index in [9.17, 15) is 18.8 Å². The molecule has 2 heterocycles. The highest BCUT2D eigenvalue weighted by Gasteiger charge is 2.36. The Labute approximate surface area is 189 Å². The van der Waals surface area contributed by atoms with Crippen molar-refractivity contribution in [1.82, 2.24) is 9.47 Å². The lowest BCUT2D eigenvalue weighted by atomic mass is 10.1. The third-order valence-electron chi connectivity index (χ3n) is 5.45. The summed E-state index contributed by atoms with van der Waals surface area (Å²) in [4.78, 5) is 38.7. The van der Waals surface area contributed by atoms with Crippen LogP contribution in [0.2, 0.25) is 0 Å². The summed E-state index contributed by atoms with van der Waals surface area (Å²) < 4.78 is 15.9. The van der Waals surface area contributed by atoms with Crippen LogP contribution in [0.4, 0.5) is 14.9 Å². The van der Waals surface area contributed by atoms with E-state index in [0.717, 1.165) is 39.5 Å². The lowest BCUT2D eigenvalue weighted by molar-refractivity contribution is -0.127. The molecule has 2 aromatic carbocycles. The smallest absolute Gasteiger partial charge is 0.294 e. The lowest BCUT2D eigenvalue weighted by Gasteiger charge is -2.12. The number of fused-ring (bicyclic) bond motifs is 1. The Morgan fingerprint density at radius 3 is 2.62 bits per heavy atom. The van der Waals surface area contributed by atoms with E-state index in [2.05, 4.69) is 23.7 Å². The number of imide groups is 1. The van der Waals surface area contributed by atoms with Crippen molar-refractivity contribution in [2.24, 2.45) is 0 Å². The van der Waals surface area contributed by atoms with Crippen LogP contribution < -0.4 is 5.32 Å². The number of rotatable bonds is 6. The molecule has 1 atom stereocenters. The molecule has 1 aromatic heterocycles. The van der Waals surface area contributed by atoms with Crippen molar-refractivity contribution in [3.63, 3.8) is 0 Å². The predicted octanol–water partition coefficient (Wildman–Crippen LogP) is 5.43. The van der Waals surface area contributed by atoms with Gasteiger partial charge in [-0.05, 0) is 49.4 Å². The molecule has 1 saturated heterocycles. The van der Waals surface area contributed by atoms with Crippen molar-refractivity contribution >= 4 is 51.5 Å². The van der Waals surface area contributed by atoms with Crippen molar-refractivity contribution in [3.05, 3.63) is 71.0 Å². The third-order valence-corrected chi connectivity index (χ3v) is 6.35. The summed E-state index contributed by atoms with van der Waals surface area (Å²) in [6.07, 6.45) is 4.63. The van der Waals surface area contributed by atoms with Crippen LogP contribution in [-0.2, 0) is 9.59 Å². The Morgan fingerprint density at radius 2 is 1.88 bits per heavy atom. The summed E-state index contributed by atoms with van der Waals surface area (Å²) in [5.41, 5.74) is 1.89. The van der Waals surface area contributed by atoms with E-state index in [1.807, 2.05) is 30.5 Å². The average molecular weight is 452 g/mol. The van der Waals surface area contributed by atoms with E-state index >= 15 is 0 Å². The molecule has 164 valence electrons. The predicted molar refractivity (Wildman–Crippen MR) is 125 cm³/mol. The standard InChI is InChI=1S/C24H22FN3O3S/c1-3-15(2)27-13-16(17-8-4-7-11-20(17)27)12-21-23(30)28(24(31)32-21)14-22(29)26-19-10-6-5-9-18(19)25/h4-13,15H,3,14H2,1-2H3,(H,26,29)/b21-12-. The minimum Gasteiger partial charge on any atom is -0.344 e. The zero-order chi connectivity index (χ0) is 22.8. The minimum absolute atomic E-state index is 0.00197. The van der Waals surface area contributed by atoms with Gasteiger partial charge in [0, 0.05) is 28.7 Å². The molecule has 0 radical (unpaired) electrons. The first kappa shape index (κ1) is 21.8. The van der Waals surface area contributed by atoms with Crippen LogP contribution in [0.15, 0.2) is 59.6 Å². The Kier molecular flexibility index (Phi) is 6.14. The summed E-state index contributed by atoms with van der Waals surface area (Å²) >= 11 is 0.795. The Morgan fingerprint density at radius 1 is 1.16 bits per heavy atom. The van der Waals surface area contributed by atoms with E-state index in [0.29, 0.717) is 0 Å². The maximum Gasteiger partial charge on any atom is 0.294 e. The first-order valence-corrected chi connectivity index (χ1v) is 11.1. The molecule has 1 fully saturated rings. The van der Waals surface area contributed by atoms with Crippen LogP contribution in [0.3, 0.4) is 0 Å².